The van der Waals surface area contributed by atoms with Gasteiger partial charge in [0.15, 0.2) is 11.5 Å². The summed E-state index contributed by atoms with van der Waals surface area (Å²) in [6.45, 7) is 0.164. The molecule has 0 amide bonds. The summed E-state index contributed by atoms with van der Waals surface area (Å²) < 4.78 is 10.5. The zero-order chi connectivity index (χ0) is 16.4. The number of fused-ring (bicyclic) bond motifs is 1. The van der Waals surface area contributed by atoms with Crippen molar-refractivity contribution in [3.8, 4) is 11.5 Å². The third-order valence-electron chi connectivity index (χ3n) is 3.73. The predicted octanol–water partition coefficient (Wildman–Crippen LogP) is 2.52. The van der Waals surface area contributed by atoms with Gasteiger partial charge in [-0.25, -0.2) is 4.79 Å². The monoisotopic (exact) mass is 314 g/mol. The van der Waals surface area contributed by atoms with Crippen LogP contribution in [0.2, 0.25) is 0 Å². The highest BCUT2D eigenvalue weighted by Gasteiger charge is 2.22. The highest BCUT2D eigenvalue weighted by Crippen LogP contribution is 2.34. The molecule has 2 aromatic rings. The van der Waals surface area contributed by atoms with Gasteiger partial charge in [-0.05, 0) is 41.8 Å². The van der Waals surface area contributed by atoms with Crippen LogP contribution in [-0.4, -0.2) is 28.9 Å². The highest BCUT2D eigenvalue weighted by atomic mass is 16.7. The number of hydrogen-bond acceptors (Lipinski definition) is 4. The van der Waals surface area contributed by atoms with E-state index >= 15 is 0 Å². The van der Waals surface area contributed by atoms with Crippen LogP contribution in [0.15, 0.2) is 42.5 Å². The Bertz CT molecular complexity index is 750. The van der Waals surface area contributed by atoms with E-state index in [9.17, 15) is 14.7 Å². The Morgan fingerprint density at radius 3 is 2.35 bits per heavy atom. The average molecular weight is 314 g/mol. The van der Waals surface area contributed by atoms with Crippen molar-refractivity contribution in [1.82, 2.24) is 0 Å². The van der Waals surface area contributed by atoms with Crippen LogP contribution in [0.3, 0.4) is 0 Å². The Balaban J connectivity index is 1.84. The normalized spacial score (nSPS) is 13.6. The molecule has 6 nitrogen and oxygen atoms in total. The molecule has 2 N–H and O–H groups in total. The third kappa shape index (κ3) is 3.11. The van der Waals surface area contributed by atoms with Crippen molar-refractivity contribution < 1.29 is 29.3 Å². The van der Waals surface area contributed by atoms with Gasteiger partial charge in [-0.1, -0.05) is 18.2 Å². The van der Waals surface area contributed by atoms with E-state index in [1.807, 2.05) is 0 Å². The summed E-state index contributed by atoms with van der Waals surface area (Å²) >= 11 is 0. The number of carboxylic acids is 2. The van der Waals surface area contributed by atoms with Crippen LogP contribution in [0, 0.1) is 0 Å². The van der Waals surface area contributed by atoms with Gasteiger partial charge in [-0.3, -0.25) is 4.79 Å². The molecule has 2 aromatic carbocycles. The molecule has 6 heteroatoms. The second-order valence-electron chi connectivity index (χ2n) is 5.21. The average Bonchev–Trinajstić information content (AvgIpc) is 3.00. The summed E-state index contributed by atoms with van der Waals surface area (Å²) in [5, 5.41) is 18.4. The van der Waals surface area contributed by atoms with Crippen molar-refractivity contribution in [2.45, 2.75) is 12.3 Å². The van der Waals surface area contributed by atoms with Crippen molar-refractivity contribution in [3.63, 3.8) is 0 Å². The summed E-state index contributed by atoms with van der Waals surface area (Å²) in [6, 6.07) is 11.2. The Labute approximate surface area is 131 Å². The Morgan fingerprint density at radius 2 is 1.70 bits per heavy atom. The van der Waals surface area contributed by atoms with E-state index in [2.05, 4.69) is 0 Å². The number of benzene rings is 2. The van der Waals surface area contributed by atoms with E-state index in [0.29, 0.717) is 17.1 Å². The van der Waals surface area contributed by atoms with Crippen LogP contribution in [0.1, 0.15) is 27.4 Å². The van der Waals surface area contributed by atoms with E-state index in [4.69, 9.17) is 14.6 Å². The minimum Gasteiger partial charge on any atom is -0.481 e. The number of carbonyl (C=O) groups is 2. The Kier molecular flexibility index (Phi) is 3.89. The van der Waals surface area contributed by atoms with Gasteiger partial charge in [0, 0.05) is 0 Å². The molecule has 118 valence electrons. The zero-order valence-electron chi connectivity index (χ0n) is 12.1. The van der Waals surface area contributed by atoms with Crippen molar-refractivity contribution >= 4 is 11.9 Å². The van der Waals surface area contributed by atoms with Crippen molar-refractivity contribution in [2.75, 3.05) is 6.79 Å². The maximum atomic E-state index is 11.6. The number of carboxylic acid groups (broad SMARTS) is 2. The smallest absolute Gasteiger partial charge is 0.335 e. The molecule has 3 rings (SSSR count). The second-order valence-corrected chi connectivity index (χ2v) is 5.21. The molecule has 1 unspecified atom stereocenters. The highest BCUT2D eigenvalue weighted by molar-refractivity contribution is 5.87. The molecule has 0 saturated heterocycles. The SMILES string of the molecule is O=C(O)c1ccc(C(Cc2ccc3c(c2)OCO3)C(=O)O)cc1. The van der Waals surface area contributed by atoms with Crippen LogP contribution in [0.5, 0.6) is 11.5 Å². The first-order chi connectivity index (χ1) is 11.0. The third-order valence-corrected chi connectivity index (χ3v) is 3.73. The summed E-state index contributed by atoms with van der Waals surface area (Å²) in [5.41, 5.74) is 1.49. The Hall–Kier alpha value is -3.02. The minimum atomic E-state index is -1.04. The molecule has 0 saturated carbocycles. The molecular weight excluding hydrogens is 300 g/mol. The molecule has 0 fully saturated rings. The maximum absolute atomic E-state index is 11.6. The summed E-state index contributed by atoms with van der Waals surface area (Å²) in [5.74, 6) is -1.53. The van der Waals surface area contributed by atoms with Crippen molar-refractivity contribution in [3.05, 3.63) is 59.2 Å². The van der Waals surface area contributed by atoms with E-state index in [1.54, 1.807) is 18.2 Å². The van der Waals surface area contributed by atoms with Crippen LogP contribution < -0.4 is 9.47 Å². The van der Waals surface area contributed by atoms with Crippen LogP contribution in [0.4, 0.5) is 0 Å². The second kappa shape index (κ2) is 6.00. The quantitative estimate of drug-likeness (QED) is 0.881. The molecule has 0 bridgehead atoms. The molecule has 0 radical (unpaired) electrons. The van der Waals surface area contributed by atoms with Gasteiger partial charge in [-0.2, -0.15) is 0 Å². The topological polar surface area (TPSA) is 93.1 Å². The number of aliphatic carboxylic acids is 1. The molecule has 23 heavy (non-hydrogen) atoms. The zero-order valence-corrected chi connectivity index (χ0v) is 12.1. The molecule has 0 spiro atoms. The first kappa shape index (κ1) is 14.9. The first-order valence-electron chi connectivity index (χ1n) is 6.99. The number of aromatic carboxylic acids is 1. The van der Waals surface area contributed by atoms with Gasteiger partial charge in [0.25, 0.3) is 0 Å². The lowest BCUT2D eigenvalue weighted by atomic mass is 9.91. The van der Waals surface area contributed by atoms with Gasteiger partial charge in [-0.15, -0.1) is 0 Å². The summed E-state index contributed by atoms with van der Waals surface area (Å²) in [4.78, 5) is 22.5. The van der Waals surface area contributed by atoms with E-state index < -0.39 is 17.9 Å². The fourth-order valence-corrected chi connectivity index (χ4v) is 2.51. The molecule has 0 aliphatic carbocycles. The van der Waals surface area contributed by atoms with Crippen LogP contribution >= 0.6 is 0 Å². The summed E-state index contributed by atoms with van der Waals surface area (Å²) in [7, 11) is 0. The van der Waals surface area contributed by atoms with Gasteiger partial charge in [0.05, 0.1) is 11.5 Å². The van der Waals surface area contributed by atoms with Crippen molar-refractivity contribution in [1.29, 1.82) is 0 Å². The lowest BCUT2D eigenvalue weighted by Gasteiger charge is -2.13. The largest absolute Gasteiger partial charge is 0.481 e. The molecule has 1 atom stereocenters. The fourth-order valence-electron chi connectivity index (χ4n) is 2.51. The summed E-state index contributed by atoms with van der Waals surface area (Å²) in [6.07, 6.45) is 0.276. The van der Waals surface area contributed by atoms with Gasteiger partial charge < -0.3 is 19.7 Å². The van der Waals surface area contributed by atoms with Gasteiger partial charge >= 0.3 is 11.9 Å². The van der Waals surface area contributed by atoms with Crippen LogP contribution in [-0.2, 0) is 11.2 Å². The number of ether oxygens (including phenoxy) is 2. The molecule has 1 aliphatic heterocycles. The van der Waals surface area contributed by atoms with Crippen LogP contribution in [0.25, 0.3) is 0 Å². The fraction of sp³-hybridized carbons (Fsp3) is 0.176. The number of hydrogen-bond donors (Lipinski definition) is 2. The van der Waals surface area contributed by atoms with E-state index in [0.717, 1.165) is 5.56 Å². The maximum Gasteiger partial charge on any atom is 0.335 e. The van der Waals surface area contributed by atoms with Gasteiger partial charge in [0.1, 0.15) is 0 Å². The standard InChI is InChI=1S/C17H14O6/c18-16(19)12-4-2-11(3-5-12)13(17(20)21)7-10-1-6-14-15(8-10)23-9-22-14/h1-6,8,13H,7,9H2,(H,18,19)(H,20,21). The minimum absolute atomic E-state index is 0.126. The lowest BCUT2D eigenvalue weighted by Crippen LogP contribution is -2.14. The first-order valence-corrected chi connectivity index (χ1v) is 6.99. The molecule has 1 heterocycles. The predicted molar refractivity (Wildman–Crippen MR) is 80.0 cm³/mol. The van der Waals surface area contributed by atoms with Gasteiger partial charge in [0.2, 0.25) is 6.79 Å². The van der Waals surface area contributed by atoms with Crippen molar-refractivity contribution in [2.24, 2.45) is 0 Å². The number of rotatable bonds is 5. The molecular formula is C17H14O6. The Morgan fingerprint density at radius 1 is 1.00 bits per heavy atom. The molecule has 1 aliphatic rings. The molecule has 0 aromatic heterocycles. The van der Waals surface area contributed by atoms with E-state index in [1.165, 1.54) is 24.3 Å². The lowest BCUT2D eigenvalue weighted by molar-refractivity contribution is -0.138. The van der Waals surface area contributed by atoms with E-state index in [-0.39, 0.29) is 18.8 Å².